The monoisotopic (exact) mass is 344 g/mol. The van der Waals surface area contributed by atoms with E-state index in [1.54, 1.807) is 0 Å². The van der Waals surface area contributed by atoms with E-state index in [4.69, 9.17) is 0 Å². The van der Waals surface area contributed by atoms with Crippen LogP contribution in [0, 0.1) is 13.8 Å². The van der Waals surface area contributed by atoms with Gasteiger partial charge in [0.15, 0.2) is 5.16 Å². The summed E-state index contributed by atoms with van der Waals surface area (Å²) >= 11 is 1.39. The molecule has 0 fully saturated rings. The standard InChI is InChI=1S/C18H24N4OS/c1-6-9-22-17(12(2)3)20-21-18(22)24-11-16(23)19-15-10-13(4)7-8-14(15)5/h6-8,10,12H,1,9,11H2,2-5H3,(H,19,23). The molecule has 5 nitrogen and oxygen atoms in total. The minimum Gasteiger partial charge on any atom is -0.325 e. The lowest BCUT2D eigenvalue weighted by molar-refractivity contribution is -0.113. The summed E-state index contributed by atoms with van der Waals surface area (Å²) in [6, 6.07) is 6.02. The van der Waals surface area contributed by atoms with Crippen LogP contribution in [0.2, 0.25) is 0 Å². The molecule has 2 rings (SSSR count). The largest absolute Gasteiger partial charge is 0.325 e. The Balaban J connectivity index is 2.04. The molecule has 0 radical (unpaired) electrons. The zero-order valence-corrected chi connectivity index (χ0v) is 15.5. The average Bonchev–Trinajstić information content (AvgIpc) is 2.92. The molecule has 128 valence electrons. The van der Waals surface area contributed by atoms with Gasteiger partial charge in [0, 0.05) is 18.2 Å². The van der Waals surface area contributed by atoms with E-state index in [1.807, 2.05) is 42.7 Å². The number of hydrogen-bond acceptors (Lipinski definition) is 4. The van der Waals surface area contributed by atoms with Gasteiger partial charge in [-0.25, -0.2) is 0 Å². The topological polar surface area (TPSA) is 59.8 Å². The summed E-state index contributed by atoms with van der Waals surface area (Å²) in [5.74, 6) is 1.43. The van der Waals surface area contributed by atoms with Crippen molar-refractivity contribution in [2.45, 2.75) is 45.3 Å². The minimum atomic E-state index is -0.0482. The highest BCUT2D eigenvalue weighted by atomic mass is 32.2. The van der Waals surface area contributed by atoms with Crippen molar-refractivity contribution in [3.63, 3.8) is 0 Å². The van der Waals surface area contributed by atoms with E-state index in [0.717, 1.165) is 27.8 Å². The molecule has 0 spiro atoms. The van der Waals surface area contributed by atoms with Crippen molar-refractivity contribution in [1.29, 1.82) is 0 Å². The Bertz CT molecular complexity index is 737. The maximum atomic E-state index is 12.2. The molecule has 6 heteroatoms. The second-order valence-corrected chi connectivity index (χ2v) is 6.99. The second kappa shape index (κ2) is 8.15. The van der Waals surface area contributed by atoms with Gasteiger partial charge in [-0.3, -0.25) is 4.79 Å². The zero-order valence-electron chi connectivity index (χ0n) is 14.7. The molecule has 0 aliphatic heterocycles. The highest BCUT2D eigenvalue weighted by molar-refractivity contribution is 7.99. The highest BCUT2D eigenvalue weighted by Gasteiger charge is 2.15. The fourth-order valence-electron chi connectivity index (χ4n) is 2.32. The number of anilines is 1. The molecule has 0 saturated heterocycles. The van der Waals surface area contributed by atoms with Crippen molar-refractivity contribution in [3.8, 4) is 0 Å². The van der Waals surface area contributed by atoms with E-state index in [-0.39, 0.29) is 11.8 Å². The predicted octanol–water partition coefficient (Wildman–Crippen LogP) is 3.94. The number of nitrogens with zero attached hydrogens (tertiary/aromatic N) is 3. The number of thioether (sulfide) groups is 1. The normalized spacial score (nSPS) is 10.9. The molecular weight excluding hydrogens is 320 g/mol. The number of amides is 1. The predicted molar refractivity (Wildman–Crippen MR) is 99.6 cm³/mol. The summed E-state index contributed by atoms with van der Waals surface area (Å²) in [6.45, 7) is 12.6. The Morgan fingerprint density at radius 1 is 1.38 bits per heavy atom. The van der Waals surface area contributed by atoms with Gasteiger partial charge >= 0.3 is 0 Å². The SMILES string of the molecule is C=CCn1c(SCC(=O)Nc2cc(C)ccc2C)nnc1C(C)C. The third kappa shape index (κ3) is 4.47. The van der Waals surface area contributed by atoms with Crippen LogP contribution in [0.25, 0.3) is 0 Å². The van der Waals surface area contributed by atoms with Crippen LogP contribution in [0.5, 0.6) is 0 Å². The maximum absolute atomic E-state index is 12.2. The number of rotatable bonds is 7. The molecule has 1 heterocycles. The summed E-state index contributed by atoms with van der Waals surface area (Å²) in [5, 5.41) is 12.2. The molecule has 0 atom stereocenters. The van der Waals surface area contributed by atoms with E-state index in [9.17, 15) is 4.79 Å². The Labute approximate surface area is 147 Å². The van der Waals surface area contributed by atoms with Crippen LogP contribution in [-0.4, -0.2) is 26.4 Å². The van der Waals surface area contributed by atoms with Crippen molar-refractivity contribution in [2.24, 2.45) is 0 Å². The van der Waals surface area contributed by atoms with Gasteiger partial charge < -0.3 is 9.88 Å². The lowest BCUT2D eigenvalue weighted by atomic mass is 10.1. The third-order valence-corrected chi connectivity index (χ3v) is 4.54. The zero-order chi connectivity index (χ0) is 17.7. The Hall–Kier alpha value is -2.08. The van der Waals surface area contributed by atoms with Gasteiger partial charge in [0.25, 0.3) is 0 Å². The first-order chi connectivity index (χ1) is 11.4. The number of allylic oxidation sites excluding steroid dienone is 1. The van der Waals surface area contributed by atoms with Crippen molar-refractivity contribution >= 4 is 23.4 Å². The molecule has 1 amide bonds. The van der Waals surface area contributed by atoms with Crippen LogP contribution in [0.3, 0.4) is 0 Å². The molecular formula is C18H24N4OS. The van der Waals surface area contributed by atoms with Crippen LogP contribution in [0.4, 0.5) is 5.69 Å². The van der Waals surface area contributed by atoms with Crippen LogP contribution < -0.4 is 5.32 Å². The molecule has 1 N–H and O–H groups in total. The van der Waals surface area contributed by atoms with Crippen molar-refractivity contribution in [3.05, 3.63) is 47.8 Å². The quantitative estimate of drug-likeness (QED) is 0.610. The summed E-state index contributed by atoms with van der Waals surface area (Å²) in [5.41, 5.74) is 3.03. The maximum Gasteiger partial charge on any atom is 0.234 e. The van der Waals surface area contributed by atoms with Gasteiger partial charge in [0.1, 0.15) is 5.82 Å². The molecule has 0 saturated carbocycles. The number of carbonyl (C=O) groups is 1. The molecule has 2 aromatic rings. The highest BCUT2D eigenvalue weighted by Crippen LogP contribution is 2.22. The number of nitrogens with one attached hydrogen (secondary N) is 1. The number of hydrogen-bond donors (Lipinski definition) is 1. The van der Waals surface area contributed by atoms with Gasteiger partial charge in [-0.15, -0.1) is 16.8 Å². The molecule has 1 aromatic heterocycles. The Morgan fingerprint density at radius 2 is 2.12 bits per heavy atom. The Morgan fingerprint density at radius 3 is 2.79 bits per heavy atom. The fourth-order valence-corrected chi connectivity index (χ4v) is 3.08. The summed E-state index contributed by atoms with van der Waals surface area (Å²) < 4.78 is 2.01. The van der Waals surface area contributed by atoms with Crippen LogP contribution >= 0.6 is 11.8 Å². The number of aromatic nitrogens is 3. The lowest BCUT2D eigenvalue weighted by Crippen LogP contribution is -2.15. The van der Waals surface area contributed by atoms with E-state index >= 15 is 0 Å². The molecule has 0 unspecified atom stereocenters. The van der Waals surface area contributed by atoms with E-state index in [2.05, 4.69) is 35.9 Å². The summed E-state index contributed by atoms with van der Waals surface area (Å²) in [6.07, 6.45) is 1.81. The van der Waals surface area contributed by atoms with Gasteiger partial charge in [-0.2, -0.15) is 0 Å². The smallest absolute Gasteiger partial charge is 0.234 e. The number of benzene rings is 1. The third-order valence-electron chi connectivity index (χ3n) is 3.57. The van der Waals surface area contributed by atoms with E-state index in [1.165, 1.54) is 11.8 Å². The van der Waals surface area contributed by atoms with Gasteiger partial charge in [-0.1, -0.05) is 43.8 Å². The first-order valence-electron chi connectivity index (χ1n) is 7.96. The summed E-state index contributed by atoms with van der Waals surface area (Å²) in [7, 11) is 0. The van der Waals surface area contributed by atoms with Crippen LogP contribution in [0.15, 0.2) is 36.0 Å². The Kier molecular flexibility index (Phi) is 6.20. The fraction of sp³-hybridized carbons (Fsp3) is 0.389. The lowest BCUT2D eigenvalue weighted by Gasteiger charge is -2.11. The van der Waals surface area contributed by atoms with Crippen molar-refractivity contribution < 1.29 is 4.79 Å². The first-order valence-corrected chi connectivity index (χ1v) is 8.94. The van der Waals surface area contributed by atoms with E-state index in [0.29, 0.717) is 12.3 Å². The summed E-state index contributed by atoms with van der Waals surface area (Å²) in [4.78, 5) is 12.2. The molecule has 24 heavy (non-hydrogen) atoms. The van der Waals surface area contributed by atoms with Gasteiger partial charge in [0.05, 0.1) is 5.75 Å². The van der Waals surface area contributed by atoms with Gasteiger partial charge in [0.2, 0.25) is 5.91 Å². The molecule has 0 bridgehead atoms. The minimum absolute atomic E-state index is 0.0482. The van der Waals surface area contributed by atoms with E-state index < -0.39 is 0 Å². The first kappa shape index (κ1) is 18.3. The second-order valence-electron chi connectivity index (χ2n) is 6.05. The van der Waals surface area contributed by atoms with Crippen LogP contribution in [0.1, 0.15) is 36.7 Å². The van der Waals surface area contributed by atoms with Gasteiger partial charge in [-0.05, 0) is 31.0 Å². The van der Waals surface area contributed by atoms with Crippen LogP contribution in [-0.2, 0) is 11.3 Å². The number of carbonyl (C=O) groups excluding carboxylic acids is 1. The molecule has 1 aromatic carbocycles. The molecule has 0 aliphatic rings. The van der Waals surface area contributed by atoms with Crippen molar-refractivity contribution in [2.75, 3.05) is 11.1 Å². The molecule has 0 aliphatic carbocycles. The van der Waals surface area contributed by atoms with Crippen molar-refractivity contribution in [1.82, 2.24) is 14.8 Å². The number of aryl methyl sites for hydroxylation is 2. The average molecular weight is 344 g/mol.